The van der Waals surface area contributed by atoms with Crippen LogP contribution in [0.2, 0.25) is 0 Å². The molecular formula is Tb107. The monoisotopic (exact) mass is 17000 g/mol. The van der Waals surface area contributed by atoms with Gasteiger partial charge in [0.1, 0.15) is 0 Å². The Labute approximate surface area is 3950 Å². The van der Waals surface area contributed by atoms with Gasteiger partial charge in [-0.3, -0.25) is 0 Å². The van der Waals surface area contributed by atoms with E-state index in [2.05, 4.69) is 0 Å². The molecule has 0 atom stereocenters. The minimum Gasteiger partial charge on any atom is 0 e. The predicted molar refractivity (Wildman–Crippen MR) is 0 cm³/mol. The molecule has 0 aromatic heterocycles. The van der Waals surface area contributed by atoms with Gasteiger partial charge >= 0.3 is 0 Å². The van der Waals surface area contributed by atoms with Crippen molar-refractivity contribution in [3.8, 4) is 0 Å². The topological polar surface area (TPSA) is 0 Å². The second kappa shape index (κ2) is 757. The number of hydrogen-bond acceptors (Lipinski definition) is 0. The van der Waals surface area contributed by atoms with Crippen molar-refractivity contribution in [3.05, 3.63) is 0 Å². The third kappa shape index (κ3) is 751. The first kappa shape index (κ1) is 767. The first-order chi connectivity index (χ1) is 0. The number of rotatable bonds is 0. The van der Waals surface area contributed by atoms with E-state index < -0.39 is 0 Å². The van der Waals surface area contributed by atoms with Crippen LogP contribution in [0, 0.1) is 4130 Å². The summed E-state index contributed by atoms with van der Waals surface area (Å²) in [6.45, 7) is 0. The van der Waals surface area contributed by atoms with Crippen LogP contribution in [0.25, 0.3) is 0 Å². The Hall–Kier alpha value is 138. The van der Waals surface area contributed by atoms with Crippen molar-refractivity contribution in [1.82, 2.24) is 0 Å². The maximum absolute atomic E-state index is 0. The standard InChI is InChI=1S/107Tb. The van der Waals surface area contributed by atoms with Crippen molar-refractivity contribution in [1.29, 1.82) is 0 Å². The Kier molecular flexibility index (Phi) is 5430. The zero-order valence-corrected chi connectivity index (χ0v) is 265. The van der Waals surface area contributed by atoms with E-state index in [4.69, 9.17) is 0 Å². The van der Waals surface area contributed by atoms with E-state index in [-0.39, 0.29) is 4130 Å². The second-order valence-corrected chi connectivity index (χ2v) is 0. The summed E-state index contributed by atoms with van der Waals surface area (Å²) in [6, 6.07) is 0. The molecule has 107 heteroatoms. The van der Waals surface area contributed by atoms with E-state index in [0.29, 0.717) is 0 Å². The first-order valence-corrected chi connectivity index (χ1v) is 0. The molecule has 0 nitrogen and oxygen atoms in total. The third-order valence-electron chi connectivity index (χ3n) is 0. The van der Waals surface area contributed by atoms with Crippen LogP contribution in [-0.2, 0) is 0 Å². The van der Waals surface area contributed by atoms with Crippen LogP contribution in [0.4, 0.5) is 0 Å². The molecule has 0 aromatic rings. The molecule has 0 saturated carbocycles. The summed E-state index contributed by atoms with van der Waals surface area (Å²) >= 11 is 0. The quantitative estimate of drug-likeness (QED) is 0.321. The molecule has 0 aromatic carbocycles. The normalized spacial score (nSPS) is 0. The molecule has 0 fully saturated rings. The van der Waals surface area contributed by atoms with E-state index >= 15 is 0 Å². The molecular weight excluding hydrogens is 17000 g/mol. The number of hydrogen-bond donors (Lipinski definition) is 0. The van der Waals surface area contributed by atoms with Gasteiger partial charge in [0.25, 0.3) is 0 Å². The van der Waals surface area contributed by atoms with Crippen molar-refractivity contribution in [2.24, 2.45) is 0 Å². The van der Waals surface area contributed by atoms with Crippen LogP contribution in [0.3, 0.4) is 0 Å². The maximum atomic E-state index is 0. The summed E-state index contributed by atoms with van der Waals surface area (Å²) in [6.07, 6.45) is 0. The fourth-order valence-electron chi connectivity index (χ4n) is 0. The van der Waals surface area contributed by atoms with Gasteiger partial charge in [-0.1, -0.05) is 0 Å². The maximum Gasteiger partial charge on any atom is 0 e. The molecule has 0 N–H and O–H groups in total. The van der Waals surface area contributed by atoms with Gasteiger partial charge in [-0.05, 0) is 0 Å². The van der Waals surface area contributed by atoms with Crippen molar-refractivity contribution in [2.75, 3.05) is 0 Å². The molecule has 0 heterocycles. The molecule has 0 aliphatic rings. The summed E-state index contributed by atoms with van der Waals surface area (Å²) in [7, 11) is 0. The zero-order chi connectivity index (χ0) is 0. The molecule has 963 valence electrons. The van der Waals surface area contributed by atoms with Crippen molar-refractivity contribution in [2.45, 2.75) is 0 Å². The summed E-state index contributed by atoms with van der Waals surface area (Å²) in [4.78, 5) is 0. The summed E-state index contributed by atoms with van der Waals surface area (Å²) in [5.74, 6) is 0. The van der Waals surface area contributed by atoms with E-state index in [1.807, 2.05) is 0 Å². The Balaban J connectivity index is 0. The molecule has 0 rings (SSSR count). The van der Waals surface area contributed by atoms with E-state index in [1.54, 1.807) is 0 Å². The largest absolute Gasteiger partial charge is 0 e. The SMILES string of the molecule is [Tb].[Tb].[Tb].[Tb].[Tb].[Tb].[Tb].[Tb].[Tb].[Tb].[Tb].[Tb].[Tb].[Tb].[Tb].[Tb].[Tb].[Tb].[Tb].[Tb].[Tb].[Tb].[Tb].[Tb].[Tb].[Tb].[Tb].[Tb].[Tb].[Tb].[Tb].[Tb].[Tb].[Tb].[Tb].[Tb].[Tb].[Tb].[Tb].[Tb].[Tb].[Tb].[Tb].[Tb].[Tb].[Tb].[Tb].[Tb].[Tb].[Tb].[Tb].[Tb].[Tb].[Tb].[Tb].[Tb].[Tb].[Tb].[Tb].[Tb].[Tb].[Tb].[Tb].[Tb].[Tb].[Tb].[Tb].[Tb].[Tb].[Tb].[Tb].[Tb].[Tb].[Tb].[Tb].[Tb].[Tb].[Tb].[Tb].[Tb].[Tb].[Tb].[Tb].[Tb].[Tb].[Tb].[Tb].[Tb].[Tb].[Tb].[Tb].[Tb].[Tb].[Tb].[Tb].[Tb].[Tb].[Tb].[Tb].[Tb].[Tb].[Tb].[Tb].[Tb].[Tb].[Tb].[Tb]. The van der Waals surface area contributed by atoms with Crippen molar-refractivity contribution in [3.63, 3.8) is 0 Å². The van der Waals surface area contributed by atoms with Gasteiger partial charge in [0, 0.05) is 4130 Å². The fraction of sp³-hybridized carbons (Fsp3) is 0. The van der Waals surface area contributed by atoms with Crippen LogP contribution < -0.4 is 0 Å². The van der Waals surface area contributed by atoms with E-state index in [9.17, 15) is 0 Å². The summed E-state index contributed by atoms with van der Waals surface area (Å²) in [5.41, 5.74) is 0. The molecule has 0 aliphatic heterocycles. The molecule has 0 spiro atoms. The average Bonchev–Trinajstić information content (AvgIpc) is 0. The smallest absolute Gasteiger partial charge is 0 e. The van der Waals surface area contributed by atoms with Crippen LogP contribution in [0.15, 0.2) is 0 Å². The third-order valence-corrected chi connectivity index (χ3v) is 0. The van der Waals surface area contributed by atoms with Crippen LogP contribution >= 0.6 is 0 Å². The Bertz CT molecular complexity index is 0. The molecule has 0 unspecified atom stereocenters. The summed E-state index contributed by atoms with van der Waals surface area (Å²) in [5, 5.41) is 0. The Morgan fingerprint density at radius 3 is 0.00935 bits per heavy atom. The van der Waals surface area contributed by atoms with Gasteiger partial charge in [-0.25, -0.2) is 0 Å². The van der Waals surface area contributed by atoms with Crippen LogP contribution in [0.5, 0.6) is 0 Å². The van der Waals surface area contributed by atoms with Crippen LogP contribution in [-0.4, -0.2) is 0 Å². The van der Waals surface area contributed by atoms with Gasteiger partial charge in [-0.2, -0.15) is 0 Å². The zero-order valence-electron chi connectivity index (χ0n) is 35.7. The van der Waals surface area contributed by atoms with Crippen LogP contribution in [0.1, 0.15) is 0 Å². The first-order valence-electron chi connectivity index (χ1n) is 0. The minimum absolute atomic E-state index is 0. The van der Waals surface area contributed by atoms with Gasteiger partial charge in [-0.15, -0.1) is 0 Å². The second-order valence-electron chi connectivity index (χ2n) is 0. The Morgan fingerprint density at radius 1 is 0.00935 bits per heavy atom. The predicted octanol–water partition coefficient (Wildman–Crippen LogP) is 0. The van der Waals surface area contributed by atoms with E-state index in [0.717, 1.165) is 0 Å². The molecule has 0 saturated heterocycles. The average molecular weight is 17000 g/mol. The van der Waals surface area contributed by atoms with Gasteiger partial charge in [0.2, 0.25) is 0 Å². The van der Waals surface area contributed by atoms with Gasteiger partial charge in [0.15, 0.2) is 0 Å². The molecule has 107 radical (unpaired) electrons. The van der Waals surface area contributed by atoms with Gasteiger partial charge < -0.3 is 0 Å². The Morgan fingerprint density at radius 2 is 0.00935 bits per heavy atom. The molecule has 107 heavy (non-hydrogen) atoms. The van der Waals surface area contributed by atoms with Gasteiger partial charge in [0.05, 0.1) is 0 Å². The van der Waals surface area contributed by atoms with E-state index in [1.165, 1.54) is 0 Å². The minimum atomic E-state index is 0. The molecule has 0 amide bonds. The van der Waals surface area contributed by atoms with Crippen molar-refractivity contribution >= 4 is 0 Å². The molecule has 0 bridgehead atoms. The fourth-order valence-corrected chi connectivity index (χ4v) is 0. The molecule has 0 aliphatic carbocycles. The van der Waals surface area contributed by atoms with Crippen molar-refractivity contribution < 1.29 is 4130 Å². The summed E-state index contributed by atoms with van der Waals surface area (Å²) < 4.78 is 0.